The molecule has 0 fully saturated rings. The number of aryl methyl sites for hydroxylation is 2. The fraction of sp³-hybridized carbons (Fsp3) is 0.222. The zero-order valence-electron chi connectivity index (χ0n) is 13.0. The predicted molar refractivity (Wildman–Crippen MR) is 91.7 cm³/mol. The highest BCUT2D eigenvalue weighted by molar-refractivity contribution is 6.31. The van der Waals surface area contributed by atoms with Crippen LogP contribution in [-0.4, -0.2) is 11.6 Å². The van der Waals surface area contributed by atoms with Crippen LogP contribution >= 0.6 is 11.6 Å². The first-order valence-corrected chi connectivity index (χ1v) is 7.59. The van der Waals surface area contributed by atoms with Crippen molar-refractivity contribution in [3.63, 3.8) is 0 Å². The van der Waals surface area contributed by atoms with Crippen LogP contribution in [0.1, 0.15) is 40.4 Å². The normalized spacial score (nSPS) is 11.4. The van der Waals surface area contributed by atoms with E-state index in [1.165, 1.54) is 0 Å². The van der Waals surface area contributed by atoms with Crippen LogP contribution < -0.4 is 5.43 Å². The largest absolute Gasteiger partial charge is 0.271 e. The van der Waals surface area contributed by atoms with E-state index in [9.17, 15) is 4.79 Å². The van der Waals surface area contributed by atoms with E-state index in [0.29, 0.717) is 17.0 Å². The molecule has 1 N–H and O–H groups in total. The third kappa shape index (κ3) is 3.95. The van der Waals surface area contributed by atoms with Crippen molar-refractivity contribution in [3.8, 4) is 0 Å². The molecule has 0 heterocycles. The quantitative estimate of drug-likeness (QED) is 0.655. The molecule has 0 saturated heterocycles. The molecule has 22 heavy (non-hydrogen) atoms. The standard InChI is InChI=1S/C18H19ClN2O/c1-4-17(14-6-5-7-16(19)11-14)20-21-18(22)15-9-8-12(2)13(3)10-15/h5-11H,4H2,1-3H3,(H,21,22)/b20-17+. The Hall–Kier alpha value is -2.13. The lowest BCUT2D eigenvalue weighted by Gasteiger charge is -2.07. The molecular weight excluding hydrogens is 296 g/mol. The highest BCUT2D eigenvalue weighted by Crippen LogP contribution is 2.13. The van der Waals surface area contributed by atoms with Crippen LogP contribution in [0.5, 0.6) is 0 Å². The minimum Gasteiger partial charge on any atom is -0.267 e. The Kier molecular flexibility index (Phi) is 5.34. The van der Waals surface area contributed by atoms with Crippen molar-refractivity contribution in [2.45, 2.75) is 27.2 Å². The summed E-state index contributed by atoms with van der Waals surface area (Å²) < 4.78 is 0. The Balaban J connectivity index is 2.17. The maximum absolute atomic E-state index is 12.2. The Bertz CT molecular complexity index is 723. The topological polar surface area (TPSA) is 41.5 Å². The minimum atomic E-state index is -0.212. The van der Waals surface area contributed by atoms with Crippen LogP contribution in [0.2, 0.25) is 5.02 Å². The number of hydrogen-bond donors (Lipinski definition) is 1. The monoisotopic (exact) mass is 314 g/mol. The van der Waals surface area contributed by atoms with Gasteiger partial charge in [0.05, 0.1) is 5.71 Å². The van der Waals surface area contributed by atoms with Gasteiger partial charge in [0.1, 0.15) is 0 Å². The number of nitrogens with one attached hydrogen (secondary N) is 1. The third-order valence-electron chi connectivity index (χ3n) is 3.55. The maximum Gasteiger partial charge on any atom is 0.271 e. The summed E-state index contributed by atoms with van der Waals surface area (Å²) in [6.45, 7) is 5.99. The fourth-order valence-corrected chi connectivity index (χ4v) is 2.27. The van der Waals surface area contributed by atoms with Gasteiger partial charge in [0, 0.05) is 10.6 Å². The van der Waals surface area contributed by atoms with Crippen LogP contribution in [0.3, 0.4) is 0 Å². The molecule has 114 valence electrons. The predicted octanol–water partition coefficient (Wildman–Crippen LogP) is 4.50. The lowest BCUT2D eigenvalue weighted by molar-refractivity contribution is 0.0954. The highest BCUT2D eigenvalue weighted by atomic mass is 35.5. The summed E-state index contributed by atoms with van der Waals surface area (Å²) in [6.07, 6.45) is 0.702. The number of benzene rings is 2. The van der Waals surface area contributed by atoms with Gasteiger partial charge in [-0.1, -0.05) is 36.7 Å². The molecule has 4 heteroatoms. The molecule has 0 unspecified atom stereocenters. The number of hydrogen-bond acceptors (Lipinski definition) is 2. The second kappa shape index (κ2) is 7.23. The lowest BCUT2D eigenvalue weighted by Crippen LogP contribution is -2.20. The summed E-state index contributed by atoms with van der Waals surface area (Å²) in [5, 5.41) is 4.89. The lowest BCUT2D eigenvalue weighted by atomic mass is 10.1. The van der Waals surface area contributed by atoms with Crippen molar-refractivity contribution in [1.29, 1.82) is 0 Å². The van der Waals surface area contributed by atoms with E-state index >= 15 is 0 Å². The van der Waals surface area contributed by atoms with Gasteiger partial charge in [-0.15, -0.1) is 0 Å². The van der Waals surface area contributed by atoms with Crippen molar-refractivity contribution < 1.29 is 4.79 Å². The number of rotatable bonds is 4. The van der Waals surface area contributed by atoms with Crippen LogP contribution in [0, 0.1) is 13.8 Å². The summed E-state index contributed by atoms with van der Waals surface area (Å²) in [4.78, 5) is 12.2. The molecule has 2 aromatic rings. The number of halogens is 1. The minimum absolute atomic E-state index is 0.212. The van der Waals surface area contributed by atoms with Gasteiger partial charge < -0.3 is 0 Å². The SMILES string of the molecule is CC/C(=N\NC(=O)c1ccc(C)c(C)c1)c1cccc(Cl)c1. The molecule has 0 bridgehead atoms. The summed E-state index contributed by atoms with van der Waals surface area (Å²) in [5.74, 6) is -0.212. The Labute approximate surface area is 136 Å². The average molecular weight is 315 g/mol. The Morgan fingerprint density at radius 2 is 1.86 bits per heavy atom. The number of amides is 1. The van der Waals surface area contributed by atoms with E-state index in [0.717, 1.165) is 22.4 Å². The molecular formula is C18H19ClN2O. The molecule has 1 amide bonds. The van der Waals surface area contributed by atoms with Crippen LogP contribution in [0.25, 0.3) is 0 Å². The van der Waals surface area contributed by atoms with E-state index in [4.69, 9.17) is 11.6 Å². The number of carbonyl (C=O) groups excluding carboxylic acids is 1. The maximum atomic E-state index is 12.2. The van der Waals surface area contributed by atoms with Gasteiger partial charge >= 0.3 is 0 Å². The van der Waals surface area contributed by atoms with Gasteiger partial charge in [-0.25, -0.2) is 5.43 Å². The van der Waals surface area contributed by atoms with Gasteiger partial charge in [0.2, 0.25) is 0 Å². The molecule has 0 spiro atoms. The Morgan fingerprint density at radius 3 is 2.50 bits per heavy atom. The molecule has 0 atom stereocenters. The van der Waals surface area contributed by atoms with Crippen LogP contribution in [0.4, 0.5) is 0 Å². The Morgan fingerprint density at radius 1 is 1.09 bits per heavy atom. The molecule has 3 nitrogen and oxygen atoms in total. The molecule has 0 radical (unpaired) electrons. The van der Waals surface area contributed by atoms with Gasteiger partial charge in [-0.3, -0.25) is 4.79 Å². The van der Waals surface area contributed by atoms with Crippen LogP contribution in [-0.2, 0) is 0 Å². The first kappa shape index (κ1) is 16.2. The molecule has 0 saturated carbocycles. The molecule has 0 aliphatic heterocycles. The van der Waals surface area contributed by atoms with Gasteiger partial charge in [0.25, 0.3) is 5.91 Å². The van der Waals surface area contributed by atoms with E-state index in [1.807, 2.05) is 57.2 Å². The van der Waals surface area contributed by atoms with Crippen molar-refractivity contribution in [3.05, 3.63) is 69.7 Å². The summed E-state index contributed by atoms with van der Waals surface area (Å²) in [5.41, 5.74) is 7.18. The molecule has 2 rings (SSSR count). The molecule has 0 aromatic heterocycles. The number of hydrazone groups is 1. The smallest absolute Gasteiger partial charge is 0.267 e. The first-order chi connectivity index (χ1) is 10.5. The molecule has 0 aliphatic carbocycles. The molecule has 0 aliphatic rings. The van der Waals surface area contributed by atoms with Crippen molar-refractivity contribution in [2.75, 3.05) is 0 Å². The summed E-state index contributed by atoms with van der Waals surface area (Å²) in [6, 6.07) is 13.1. The second-order valence-corrected chi connectivity index (χ2v) is 5.60. The second-order valence-electron chi connectivity index (χ2n) is 5.16. The average Bonchev–Trinajstić information content (AvgIpc) is 2.50. The first-order valence-electron chi connectivity index (χ1n) is 7.21. The van der Waals surface area contributed by atoms with E-state index in [-0.39, 0.29) is 5.91 Å². The van der Waals surface area contributed by atoms with Crippen molar-refractivity contribution in [2.24, 2.45) is 5.10 Å². The van der Waals surface area contributed by atoms with E-state index in [2.05, 4.69) is 10.5 Å². The highest BCUT2D eigenvalue weighted by Gasteiger charge is 2.07. The number of nitrogens with zero attached hydrogens (tertiary/aromatic N) is 1. The van der Waals surface area contributed by atoms with E-state index in [1.54, 1.807) is 6.07 Å². The zero-order valence-corrected chi connectivity index (χ0v) is 13.7. The van der Waals surface area contributed by atoms with E-state index < -0.39 is 0 Å². The van der Waals surface area contributed by atoms with Gasteiger partial charge in [-0.2, -0.15) is 5.10 Å². The van der Waals surface area contributed by atoms with Crippen LogP contribution in [0.15, 0.2) is 47.6 Å². The van der Waals surface area contributed by atoms with Crippen molar-refractivity contribution >= 4 is 23.2 Å². The summed E-state index contributed by atoms with van der Waals surface area (Å²) >= 11 is 5.99. The van der Waals surface area contributed by atoms with Crippen molar-refractivity contribution in [1.82, 2.24) is 5.43 Å². The van der Waals surface area contributed by atoms with Gasteiger partial charge in [0.15, 0.2) is 0 Å². The summed E-state index contributed by atoms with van der Waals surface area (Å²) in [7, 11) is 0. The fourth-order valence-electron chi connectivity index (χ4n) is 2.08. The van der Waals surface area contributed by atoms with Gasteiger partial charge in [-0.05, 0) is 61.2 Å². The zero-order chi connectivity index (χ0) is 16.1. The number of carbonyl (C=O) groups is 1. The third-order valence-corrected chi connectivity index (χ3v) is 3.79. The molecule has 2 aromatic carbocycles.